The van der Waals surface area contributed by atoms with Gasteiger partial charge in [-0.05, 0) is 128 Å². The molecule has 9 heteroatoms. The van der Waals surface area contributed by atoms with Crippen LogP contribution in [0.5, 0.6) is 0 Å². The molecule has 0 radical (unpaired) electrons. The van der Waals surface area contributed by atoms with Crippen LogP contribution in [0.4, 0.5) is 0 Å². The average molecular weight is 1210 g/mol. The highest BCUT2D eigenvalue weighted by Crippen LogP contribution is 2.16. The van der Waals surface area contributed by atoms with Gasteiger partial charge in [-0.25, -0.2) is 4.79 Å². The van der Waals surface area contributed by atoms with Gasteiger partial charge in [-0.15, -0.1) is 0 Å². The number of rotatable bonds is 61. The summed E-state index contributed by atoms with van der Waals surface area (Å²) in [6.45, 7) is 4.61. The van der Waals surface area contributed by atoms with E-state index in [1.54, 1.807) is 0 Å². The number of carboxylic acids is 1. The van der Waals surface area contributed by atoms with Gasteiger partial charge in [0.2, 0.25) is 0 Å². The van der Waals surface area contributed by atoms with E-state index in [1.165, 1.54) is 64.2 Å². The number of ether oxygens (including phenoxy) is 4. The van der Waals surface area contributed by atoms with E-state index in [0.717, 1.165) is 141 Å². The third-order valence-electron chi connectivity index (χ3n) is 14.0. The molecule has 2 atom stereocenters. The highest BCUT2D eigenvalue weighted by molar-refractivity contribution is 5.71. The average Bonchev–Trinajstić information content (AvgIpc) is 3.59. The molecule has 0 saturated carbocycles. The van der Waals surface area contributed by atoms with Crippen molar-refractivity contribution in [3.05, 3.63) is 170 Å². The van der Waals surface area contributed by atoms with E-state index >= 15 is 0 Å². The second-order valence-corrected chi connectivity index (χ2v) is 23.4. The number of carbonyl (C=O) groups excluding carboxylic acids is 2. The summed E-state index contributed by atoms with van der Waals surface area (Å²) in [5, 5.41) is 9.74. The van der Waals surface area contributed by atoms with E-state index < -0.39 is 24.3 Å². The summed E-state index contributed by atoms with van der Waals surface area (Å²) in [6.07, 6.45) is 97.4. The standard InChI is InChI=1S/C78H125NO8/c1-6-8-10-12-14-16-18-20-22-24-26-28-29-30-31-32-33-34-35-36-37-38-39-40-41-42-43-44-45-46-47-49-51-53-55-57-59-61-63-65-67-69-76(81)87-74(73-86-78(77(82)83)84-71-70-79(3,4)5)72-85-75(80)68-66-64-62-60-58-56-54-52-50-48-27-25-23-21-19-17-15-13-11-9-7-2/h8-11,14-17,20-23,26-28,30-31,33-34,36-37,39-40,42-43,48,52,54,74,78H,6-7,12-13,18-19,24-25,29,32,35,38,41,44-47,49-51,53,55-73H2,1-5H3/p+1/b10-8-,11-9-,16-14-,17-15-,22-20-,23-21-,28-26-,31-30-,34-33-,37-36-,40-39-,43-42-,48-27-,54-52-. The lowest BCUT2D eigenvalue weighted by Crippen LogP contribution is -2.40. The largest absolute Gasteiger partial charge is 0.477 e. The van der Waals surface area contributed by atoms with Crippen LogP contribution in [-0.2, 0) is 33.3 Å². The maximum Gasteiger partial charge on any atom is 0.361 e. The van der Waals surface area contributed by atoms with Gasteiger partial charge in [0.1, 0.15) is 13.2 Å². The van der Waals surface area contributed by atoms with Crippen LogP contribution in [0, 0.1) is 0 Å². The zero-order valence-electron chi connectivity index (χ0n) is 55.9. The number of likely N-dealkylation sites (N-methyl/N-ethyl adjacent to an activating group) is 1. The minimum Gasteiger partial charge on any atom is -0.477 e. The smallest absolute Gasteiger partial charge is 0.361 e. The topological polar surface area (TPSA) is 108 Å². The van der Waals surface area contributed by atoms with Crippen LogP contribution in [0.15, 0.2) is 170 Å². The number of esters is 2. The fraction of sp³-hybridized carbons (Fsp3) is 0.603. The van der Waals surface area contributed by atoms with Crippen LogP contribution in [0.2, 0.25) is 0 Å². The summed E-state index contributed by atoms with van der Waals surface area (Å²) >= 11 is 0. The van der Waals surface area contributed by atoms with E-state index in [2.05, 4.69) is 184 Å². The second-order valence-electron chi connectivity index (χ2n) is 23.4. The number of carbonyl (C=O) groups is 3. The summed E-state index contributed by atoms with van der Waals surface area (Å²) in [5.74, 6) is -2.05. The first-order chi connectivity index (χ1) is 42.6. The zero-order valence-corrected chi connectivity index (χ0v) is 55.9. The van der Waals surface area contributed by atoms with E-state index in [9.17, 15) is 19.5 Å². The molecule has 1 N–H and O–H groups in total. The molecule has 490 valence electrons. The van der Waals surface area contributed by atoms with E-state index in [-0.39, 0.29) is 38.6 Å². The summed E-state index contributed by atoms with van der Waals surface area (Å²) < 4.78 is 22.9. The van der Waals surface area contributed by atoms with Gasteiger partial charge in [0.15, 0.2) is 6.10 Å². The molecule has 0 heterocycles. The predicted octanol–water partition coefficient (Wildman–Crippen LogP) is 21.5. The van der Waals surface area contributed by atoms with E-state index in [0.29, 0.717) is 23.9 Å². The van der Waals surface area contributed by atoms with Crippen molar-refractivity contribution in [1.82, 2.24) is 0 Å². The summed E-state index contributed by atoms with van der Waals surface area (Å²) in [6, 6.07) is 0. The molecule has 9 nitrogen and oxygen atoms in total. The van der Waals surface area contributed by atoms with Crippen molar-refractivity contribution in [1.29, 1.82) is 0 Å². The Morgan fingerprint density at radius 2 is 0.621 bits per heavy atom. The lowest BCUT2D eigenvalue weighted by atomic mass is 10.0. The van der Waals surface area contributed by atoms with Crippen molar-refractivity contribution in [2.75, 3.05) is 47.5 Å². The first-order valence-electron chi connectivity index (χ1n) is 34.3. The molecule has 0 saturated heterocycles. The maximum atomic E-state index is 12.9. The Bertz CT molecular complexity index is 2030. The molecule has 0 amide bonds. The molecule has 87 heavy (non-hydrogen) atoms. The van der Waals surface area contributed by atoms with Gasteiger partial charge in [0.25, 0.3) is 6.29 Å². The van der Waals surface area contributed by atoms with Crippen LogP contribution < -0.4 is 0 Å². The van der Waals surface area contributed by atoms with Gasteiger partial charge in [-0.3, -0.25) is 9.59 Å². The molecule has 0 spiro atoms. The van der Waals surface area contributed by atoms with E-state index in [1.807, 2.05) is 21.1 Å². The Hall–Kier alpha value is -5.35. The number of unbranched alkanes of at least 4 members (excludes halogenated alkanes) is 18. The van der Waals surface area contributed by atoms with Crippen molar-refractivity contribution in [3.8, 4) is 0 Å². The van der Waals surface area contributed by atoms with Crippen molar-refractivity contribution in [2.24, 2.45) is 0 Å². The Kier molecular flexibility index (Phi) is 62.5. The summed E-state index contributed by atoms with van der Waals surface area (Å²) in [7, 11) is 5.96. The number of carboxylic acid groups (broad SMARTS) is 1. The van der Waals surface area contributed by atoms with Crippen LogP contribution in [0.3, 0.4) is 0 Å². The van der Waals surface area contributed by atoms with Crippen molar-refractivity contribution in [3.63, 3.8) is 0 Å². The van der Waals surface area contributed by atoms with Crippen LogP contribution in [0.1, 0.15) is 245 Å². The molecule has 0 aromatic carbocycles. The van der Waals surface area contributed by atoms with Gasteiger partial charge >= 0.3 is 17.9 Å². The molecule has 0 bridgehead atoms. The number of allylic oxidation sites excluding steroid dienone is 28. The predicted molar refractivity (Wildman–Crippen MR) is 373 cm³/mol. The van der Waals surface area contributed by atoms with Gasteiger partial charge in [-0.1, -0.05) is 274 Å². The van der Waals surface area contributed by atoms with Crippen molar-refractivity contribution >= 4 is 17.9 Å². The van der Waals surface area contributed by atoms with E-state index in [4.69, 9.17) is 18.9 Å². The minimum atomic E-state index is -1.53. The van der Waals surface area contributed by atoms with Crippen LogP contribution >= 0.6 is 0 Å². The number of hydrogen-bond acceptors (Lipinski definition) is 7. The zero-order chi connectivity index (χ0) is 63.3. The number of quaternary nitrogens is 1. The Balaban J connectivity index is 4.15. The van der Waals surface area contributed by atoms with Gasteiger partial charge < -0.3 is 28.5 Å². The molecular formula is C78H126NO8+. The molecule has 2 unspecified atom stereocenters. The monoisotopic (exact) mass is 1200 g/mol. The highest BCUT2D eigenvalue weighted by atomic mass is 16.7. The third kappa shape index (κ3) is 68.0. The normalized spacial score (nSPS) is 13.8. The van der Waals surface area contributed by atoms with Gasteiger partial charge in [-0.2, -0.15) is 0 Å². The Morgan fingerprint density at radius 1 is 0.345 bits per heavy atom. The maximum absolute atomic E-state index is 12.9. The fourth-order valence-corrected chi connectivity index (χ4v) is 8.80. The summed E-state index contributed by atoms with van der Waals surface area (Å²) in [4.78, 5) is 37.6. The molecular weight excluding hydrogens is 1080 g/mol. The lowest BCUT2D eigenvalue weighted by Gasteiger charge is -2.25. The SMILES string of the molecule is CC/C=C\C/C=C\C/C=C\C/C=C\C/C=C\C/C=C\C/C=C\C/C=C\C/C=C\CCCCCCCCCCCCCCCC(=O)OC(COC(=O)CCCCCCC/C=C\C/C=C\C/C=C\C/C=C\C/C=C\CC)COC(OCC[N+](C)(C)C)C(=O)O. The lowest BCUT2D eigenvalue weighted by molar-refractivity contribution is -0.870. The van der Waals surface area contributed by atoms with Gasteiger partial charge in [0, 0.05) is 12.8 Å². The molecule has 0 aliphatic carbocycles. The van der Waals surface area contributed by atoms with Crippen LogP contribution in [0.25, 0.3) is 0 Å². The Morgan fingerprint density at radius 3 is 0.920 bits per heavy atom. The molecule has 0 aromatic rings. The minimum absolute atomic E-state index is 0.176. The molecule has 0 aliphatic heterocycles. The second kappa shape index (κ2) is 66.6. The molecule has 0 aromatic heterocycles. The highest BCUT2D eigenvalue weighted by Gasteiger charge is 2.25. The first-order valence-corrected chi connectivity index (χ1v) is 34.3. The Labute approximate surface area is 533 Å². The molecule has 0 aliphatic rings. The quantitative estimate of drug-likeness (QED) is 0.0211. The number of hydrogen-bond donors (Lipinski definition) is 1. The summed E-state index contributed by atoms with van der Waals surface area (Å²) in [5.41, 5.74) is 0. The van der Waals surface area contributed by atoms with Crippen LogP contribution in [-0.4, -0.2) is 87.4 Å². The molecule has 0 fully saturated rings. The fourth-order valence-electron chi connectivity index (χ4n) is 8.80. The van der Waals surface area contributed by atoms with Gasteiger partial charge in [0.05, 0.1) is 34.4 Å². The first kappa shape index (κ1) is 81.7. The third-order valence-corrected chi connectivity index (χ3v) is 14.0. The number of aliphatic carboxylic acids is 1. The molecule has 0 rings (SSSR count). The number of nitrogens with zero attached hydrogens (tertiary/aromatic N) is 1. The van der Waals surface area contributed by atoms with Crippen molar-refractivity contribution in [2.45, 2.75) is 257 Å². The van der Waals surface area contributed by atoms with Crippen molar-refractivity contribution < 1.29 is 42.9 Å².